The van der Waals surface area contributed by atoms with Gasteiger partial charge in [0.25, 0.3) is 5.91 Å². The van der Waals surface area contributed by atoms with Crippen LogP contribution in [-0.4, -0.2) is 44.0 Å². The maximum Gasteiger partial charge on any atom is 0.277 e. The molecule has 0 spiro atoms. The van der Waals surface area contributed by atoms with Gasteiger partial charge in [0, 0.05) is 23.1 Å². The number of halogens is 1. The molecule has 3 rings (SSSR count). The first kappa shape index (κ1) is 22.7. The second-order valence-corrected chi connectivity index (χ2v) is 9.31. The molecule has 1 aliphatic rings. The van der Waals surface area contributed by atoms with Crippen LogP contribution in [0.4, 0.5) is 0 Å². The van der Waals surface area contributed by atoms with Crippen molar-refractivity contribution in [2.75, 3.05) is 31.8 Å². The van der Waals surface area contributed by atoms with E-state index in [0.29, 0.717) is 39.0 Å². The number of hydrogen-bond acceptors (Lipinski definition) is 7. The van der Waals surface area contributed by atoms with Gasteiger partial charge in [-0.1, -0.05) is 23.7 Å². The van der Waals surface area contributed by atoms with Gasteiger partial charge in [0.2, 0.25) is 0 Å². The quantitative estimate of drug-likeness (QED) is 0.424. The van der Waals surface area contributed by atoms with Crippen LogP contribution in [0, 0.1) is 0 Å². The number of amides is 1. The Bertz CT molecular complexity index is 887. The number of carbonyl (C=O) groups is 1. The van der Waals surface area contributed by atoms with E-state index in [4.69, 9.17) is 25.8 Å². The van der Waals surface area contributed by atoms with Gasteiger partial charge in [0.05, 0.1) is 29.5 Å². The minimum atomic E-state index is -0.369. The lowest BCUT2D eigenvalue weighted by Gasteiger charge is -2.11. The third-order valence-electron chi connectivity index (χ3n) is 4.12. The molecule has 0 radical (unpaired) electrons. The predicted octanol–water partition coefficient (Wildman–Crippen LogP) is 4.76. The molecule has 0 atom stereocenters. The Labute approximate surface area is 189 Å². The van der Waals surface area contributed by atoms with Crippen LogP contribution >= 0.6 is 35.1 Å². The standard InChI is InChI=1S/C21H23ClN2O4S2/c1-3-27-19-11-17(22)15(10-18(19)26-2)12-23-24-20(25)13-28-16-6-4-14(5-7-16)21-29-8-9-30-21/h4-7,10-12,21H,3,8-9,13H2,1-2H3,(H,24,25)/b23-12-. The van der Waals surface area contributed by atoms with Crippen molar-refractivity contribution in [3.05, 3.63) is 52.5 Å². The lowest BCUT2D eigenvalue weighted by Crippen LogP contribution is -2.24. The average Bonchev–Trinajstić information content (AvgIpc) is 3.29. The molecule has 2 aromatic carbocycles. The van der Waals surface area contributed by atoms with Crippen molar-refractivity contribution in [2.24, 2.45) is 5.10 Å². The number of benzene rings is 2. The van der Waals surface area contributed by atoms with Gasteiger partial charge in [0.1, 0.15) is 5.75 Å². The third-order valence-corrected chi connectivity index (χ3v) is 7.55. The molecular formula is C21H23ClN2O4S2. The van der Waals surface area contributed by atoms with Crippen molar-refractivity contribution in [1.29, 1.82) is 0 Å². The molecule has 1 amide bonds. The van der Waals surface area contributed by atoms with E-state index in [2.05, 4.69) is 10.5 Å². The molecule has 0 saturated carbocycles. The molecule has 30 heavy (non-hydrogen) atoms. The number of ether oxygens (including phenoxy) is 3. The third kappa shape index (κ3) is 6.23. The zero-order valence-corrected chi connectivity index (χ0v) is 19.1. The van der Waals surface area contributed by atoms with Crippen molar-refractivity contribution in [2.45, 2.75) is 11.5 Å². The molecular weight excluding hydrogens is 444 g/mol. The second-order valence-electron chi connectivity index (χ2n) is 6.18. The topological polar surface area (TPSA) is 69.2 Å². The molecule has 9 heteroatoms. The summed E-state index contributed by atoms with van der Waals surface area (Å²) in [6.45, 7) is 2.24. The number of methoxy groups -OCH3 is 1. The van der Waals surface area contributed by atoms with Gasteiger partial charge >= 0.3 is 0 Å². The summed E-state index contributed by atoms with van der Waals surface area (Å²) < 4.78 is 16.8. The first-order valence-electron chi connectivity index (χ1n) is 9.39. The summed E-state index contributed by atoms with van der Waals surface area (Å²) in [5, 5.41) is 4.38. The van der Waals surface area contributed by atoms with E-state index in [9.17, 15) is 4.79 Å². The fraction of sp³-hybridized carbons (Fsp3) is 0.333. The lowest BCUT2D eigenvalue weighted by atomic mass is 10.2. The molecule has 160 valence electrons. The normalized spacial score (nSPS) is 14.1. The van der Waals surface area contributed by atoms with Gasteiger partial charge in [-0.2, -0.15) is 5.10 Å². The molecule has 1 N–H and O–H groups in total. The predicted molar refractivity (Wildman–Crippen MR) is 125 cm³/mol. The Kier molecular flexibility index (Phi) is 8.60. The molecule has 0 unspecified atom stereocenters. The van der Waals surface area contributed by atoms with Gasteiger partial charge in [-0.3, -0.25) is 4.79 Å². The van der Waals surface area contributed by atoms with E-state index >= 15 is 0 Å². The van der Waals surface area contributed by atoms with Crippen LogP contribution in [0.3, 0.4) is 0 Å². The number of hydrogen-bond donors (Lipinski definition) is 1. The van der Waals surface area contributed by atoms with Crippen molar-refractivity contribution in [3.8, 4) is 17.2 Å². The van der Waals surface area contributed by atoms with Crippen LogP contribution in [0.25, 0.3) is 0 Å². The van der Waals surface area contributed by atoms with Crippen LogP contribution in [0.15, 0.2) is 41.5 Å². The van der Waals surface area contributed by atoms with Crippen molar-refractivity contribution >= 4 is 47.2 Å². The van der Waals surface area contributed by atoms with Crippen molar-refractivity contribution in [1.82, 2.24) is 5.43 Å². The molecule has 2 aromatic rings. The number of nitrogens with zero attached hydrogens (tertiary/aromatic N) is 1. The Hall–Kier alpha value is -2.03. The summed E-state index contributed by atoms with van der Waals surface area (Å²) in [5.41, 5.74) is 4.29. The van der Waals surface area contributed by atoms with E-state index in [-0.39, 0.29) is 12.5 Å². The fourth-order valence-corrected chi connectivity index (χ4v) is 5.77. The van der Waals surface area contributed by atoms with E-state index in [0.717, 1.165) is 0 Å². The van der Waals surface area contributed by atoms with Crippen LogP contribution in [-0.2, 0) is 4.79 Å². The van der Waals surface area contributed by atoms with Gasteiger partial charge in [-0.05, 0) is 30.7 Å². The lowest BCUT2D eigenvalue weighted by molar-refractivity contribution is -0.123. The monoisotopic (exact) mass is 466 g/mol. The highest BCUT2D eigenvalue weighted by Crippen LogP contribution is 2.45. The number of nitrogens with one attached hydrogen (secondary N) is 1. The summed E-state index contributed by atoms with van der Waals surface area (Å²) in [7, 11) is 1.55. The van der Waals surface area contributed by atoms with Crippen LogP contribution in [0.5, 0.6) is 17.2 Å². The van der Waals surface area contributed by atoms with Crippen LogP contribution in [0.2, 0.25) is 5.02 Å². The minimum Gasteiger partial charge on any atom is -0.493 e. The average molecular weight is 467 g/mol. The SMILES string of the molecule is CCOc1cc(Cl)c(/C=N\NC(=O)COc2ccc(C3SCCS3)cc2)cc1OC. The summed E-state index contributed by atoms with van der Waals surface area (Å²) in [6, 6.07) is 11.2. The maximum absolute atomic E-state index is 12.0. The summed E-state index contributed by atoms with van der Waals surface area (Å²) in [6.07, 6.45) is 1.45. The zero-order chi connectivity index (χ0) is 21.3. The highest BCUT2D eigenvalue weighted by Gasteiger charge is 2.18. The van der Waals surface area contributed by atoms with Gasteiger partial charge in [-0.25, -0.2) is 5.43 Å². The molecule has 1 aliphatic heterocycles. The molecule has 0 bridgehead atoms. The van der Waals surface area contributed by atoms with Gasteiger partial charge < -0.3 is 14.2 Å². The van der Waals surface area contributed by atoms with Crippen LogP contribution in [0.1, 0.15) is 22.6 Å². The number of hydrazone groups is 1. The van der Waals surface area contributed by atoms with Crippen LogP contribution < -0.4 is 19.6 Å². The zero-order valence-electron chi connectivity index (χ0n) is 16.7. The number of thioether (sulfide) groups is 2. The van der Waals surface area contributed by atoms with Crippen molar-refractivity contribution < 1.29 is 19.0 Å². The molecule has 0 aromatic heterocycles. The summed E-state index contributed by atoms with van der Waals surface area (Å²) >= 11 is 10.1. The highest BCUT2D eigenvalue weighted by molar-refractivity contribution is 8.19. The second kappa shape index (κ2) is 11.4. The molecule has 1 saturated heterocycles. The number of rotatable bonds is 9. The first-order chi connectivity index (χ1) is 14.6. The molecule has 6 nitrogen and oxygen atoms in total. The number of carbonyl (C=O) groups excluding carboxylic acids is 1. The molecule has 1 fully saturated rings. The fourth-order valence-electron chi connectivity index (χ4n) is 2.70. The Morgan fingerprint density at radius 2 is 1.93 bits per heavy atom. The molecule has 0 aliphatic carbocycles. The van der Waals surface area contributed by atoms with E-state index in [1.54, 1.807) is 19.2 Å². The van der Waals surface area contributed by atoms with E-state index < -0.39 is 0 Å². The minimum absolute atomic E-state index is 0.135. The maximum atomic E-state index is 12.0. The van der Waals surface area contributed by atoms with Gasteiger partial charge in [0.15, 0.2) is 18.1 Å². The molecule has 1 heterocycles. The smallest absolute Gasteiger partial charge is 0.277 e. The Morgan fingerprint density at radius 1 is 1.20 bits per heavy atom. The Morgan fingerprint density at radius 3 is 2.60 bits per heavy atom. The summed E-state index contributed by atoms with van der Waals surface area (Å²) in [4.78, 5) is 12.0. The highest BCUT2D eigenvalue weighted by atomic mass is 35.5. The Balaban J connectivity index is 1.50. The largest absolute Gasteiger partial charge is 0.493 e. The van der Waals surface area contributed by atoms with Crippen molar-refractivity contribution in [3.63, 3.8) is 0 Å². The van der Waals surface area contributed by atoms with E-state index in [1.165, 1.54) is 23.3 Å². The van der Waals surface area contributed by atoms with Gasteiger partial charge in [-0.15, -0.1) is 23.5 Å². The summed E-state index contributed by atoms with van der Waals surface area (Å²) in [5.74, 6) is 3.73. The van der Waals surface area contributed by atoms with E-state index in [1.807, 2.05) is 54.7 Å². The first-order valence-corrected chi connectivity index (χ1v) is 11.9.